The van der Waals surface area contributed by atoms with Gasteiger partial charge in [-0.05, 0) is 77.9 Å². The van der Waals surface area contributed by atoms with Crippen LogP contribution >= 0.6 is 0 Å². The number of hydrogen-bond donors (Lipinski definition) is 3. The first kappa shape index (κ1) is 62.5. The van der Waals surface area contributed by atoms with Crippen LogP contribution in [0, 0.1) is 12.8 Å². The minimum absolute atomic E-state index is 0.0499. The van der Waals surface area contributed by atoms with Crippen molar-refractivity contribution in [1.29, 1.82) is 0 Å². The number of furan rings is 1. The zero-order chi connectivity index (χ0) is 59.6. The van der Waals surface area contributed by atoms with Crippen LogP contribution in [-0.4, -0.2) is 110 Å². The minimum Gasteiger partial charge on any atom is -0.481 e. The van der Waals surface area contributed by atoms with Crippen LogP contribution in [0.25, 0.3) is 11.3 Å². The fourth-order valence-corrected chi connectivity index (χ4v) is 9.30. The number of aryl methyl sites for hydroxylation is 1. The Morgan fingerprint density at radius 2 is 1.31 bits per heavy atom. The standard InChI is InChI=1S/C64H71N5O15/c1-4-6-10-23-51(54(5-2)69(43-70)84-63(76)50-26-24-48(34-44(50)3)37-68-30-32-78-33-31-68)60(73)65-42-66-62(75)56-29-28-55(83-56)49-25-27-52(57(35-49)79-41-59(72)81-39-46-19-13-8-14-20-46)61(74)67-53(64(77)82-40-47-21-15-9-16-22-47)36-58(71)80-38-45-17-11-7-12-18-45/h7-9,11-22,24-29,34-35,43,51,53-54H,4-6,10,23,30-33,36-42H2,1-3H3,(H,65,73)(H,66,75)(H,67,74)/t51?,53?,54-/m1/s1. The van der Waals surface area contributed by atoms with Crippen LogP contribution in [0.1, 0.15) is 111 Å². The molecule has 0 spiro atoms. The Kier molecular flexibility index (Phi) is 24.2. The van der Waals surface area contributed by atoms with Crippen LogP contribution in [0.4, 0.5) is 0 Å². The van der Waals surface area contributed by atoms with Crippen molar-refractivity contribution in [2.24, 2.45) is 5.92 Å². The number of carbonyl (C=O) groups excluding carboxylic acids is 8. The van der Waals surface area contributed by atoms with Crippen LogP contribution < -0.4 is 20.7 Å². The summed E-state index contributed by atoms with van der Waals surface area (Å²) in [5.41, 5.74) is 4.23. The Morgan fingerprint density at radius 1 is 0.679 bits per heavy atom. The van der Waals surface area contributed by atoms with Crippen molar-refractivity contribution in [1.82, 2.24) is 25.9 Å². The smallest absolute Gasteiger partial charge is 0.363 e. The van der Waals surface area contributed by atoms with Crippen LogP contribution in [0.5, 0.6) is 5.75 Å². The topological polar surface area (TPSA) is 248 Å². The zero-order valence-corrected chi connectivity index (χ0v) is 47.4. The van der Waals surface area contributed by atoms with E-state index in [0.717, 1.165) is 42.1 Å². The second-order valence-electron chi connectivity index (χ2n) is 20.0. The SMILES string of the molecule is CCCCCC(C(=O)NCNC(=O)c1ccc(-c2ccc(C(=O)NC(CC(=O)OCc3ccccc3)C(=O)OCc3ccccc3)c(OCC(=O)OCc3ccccc3)c2)o1)[C@@H](CC)N(C=O)OC(=O)c1ccc(CN2CCOCC2)cc1C. The highest BCUT2D eigenvalue weighted by atomic mass is 16.7. The molecule has 1 aromatic heterocycles. The van der Waals surface area contributed by atoms with Crippen LogP contribution in [0.3, 0.4) is 0 Å². The Bertz CT molecular complexity index is 3150. The highest BCUT2D eigenvalue weighted by Gasteiger charge is 2.34. The lowest BCUT2D eigenvalue weighted by Crippen LogP contribution is -2.49. The number of morpholine rings is 1. The molecule has 0 bridgehead atoms. The number of nitrogens with one attached hydrogen (secondary N) is 3. The van der Waals surface area contributed by atoms with Crippen molar-refractivity contribution in [2.45, 2.75) is 97.7 Å². The number of nitrogens with zero attached hydrogens (tertiary/aromatic N) is 2. The molecule has 4 amide bonds. The third kappa shape index (κ3) is 19.0. The summed E-state index contributed by atoms with van der Waals surface area (Å²) in [6, 6.07) is 36.9. The van der Waals surface area contributed by atoms with Gasteiger partial charge in [0.15, 0.2) is 12.4 Å². The molecule has 0 radical (unpaired) electrons. The molecular weight excluding hydrogens is 1080 g/mol. The Balaban J connectivity index is 1.02. The van der Waals surface area contributed by atoms with Gasteiger partial charge in [0.2, 0.25) is 12.3 Å². The summed E-state index contributed by atoms with van der Waals surface area (Å²) >= 11 is 0. The largest absolute Gasteiger partial charge is 0.481 e. The summed E-state index contributed by atoms with van der Waals surface area (Å²) in [5, 5.41) is 8.87. The summed E-state index contributed by atoms with van der Waals surface area (Å²) in [5.74, 6) is -6.26. The molecule has 3 N–H and O–H groups in total. The van der Waals surface area contributed by atoms with E-state index in [9.17, 15) is 38.4 Å². The molecule has 1 saturated heterocycles. The van der Waals surface area contributed by atoms with E-state index in [1.54, 1.807) is 98.8 Å². The monoisotopic (exact) mass is 1150 g/mol. The predicted molar refractivity (Wildman–Crippen MR) is 307 cm³/mol. The first-order valence-electron chi connectivity index (χ1n) is 28.0. The minimum atomic E-state index is -1.52. The van der Waals surface area contributed by atoms with E-state index in [1.807, 2.05) is 31.2 Å². The predicted octanol–water partition coefficient (Wildman–Crippen LogP) is 8.19. The fraction of sp³-hybridized carbons (Fsp3) is 0.344. The van der Waals surface area contributed by atoms with E-state index in [1.165, 1.54) is 30.3 Å². The molecule has 1 fully saturated rings. The molecular formula is C64H71N5O15. The summed E-state index contributed by atoms with van der Waals surface area (Å²) < 4.78 is 33.8. The van der Waals surface area contributed by atoms with Gasteiger partial charge in [-0.1, -0.05) is 142 Å². The maximum Gasteiger partial charge on any atom is 0.363 e. The summed E-state index contributed by atoms with van der Waals surface area (Å²) in [6.07, 6.45) is 2.75. The molecule has 2 heterocycles. The molecule has 20 nitrogen and oxygen atoms in total. The zero-order valence-electron chi connectivity index (χ0n) is 47.4. The van der Waals surface area contributed by atoms with Gasteiger partial charge in [0, 0.05) is 25.2 Å². The Labute approximate surface area is 488 Å². The highest BCUT2D eigenvalue weighted by molar-refractivity contribution is 6.00. The summed E-state index contributed by atoms with van der Waals surface area (Å²) in [7, 11) is 0. The maximum absolute atomic E-state index is 14.2. The van der Waals surface area contributed by atoms with E-state index in [2.05, 4.69) is 20.9 Å². The first-order valence-corrected chi connectivity index (χ1v) is 28.0. The lowest BCUT2D eigenvalue weighted by molar-refractivity contribution is -0.171. The molecule has 0 aliphatic carbocycles. The van der Waals surface area contributed by atoms with Crippen LogP contribution in [-0.2, 0) is 74.1 Å². The van der Waals surface area contributed by atoms with Crippen molar-refractivity contribution < 1.29 is 71.3 Å². The Hall–Kier alpha value is -9.14. The Morgan fingerprint density at radius 3 is 1.93 bits per heavy atom. The molecule has 442 valence electrons. The van der Waals surface area contributed by atoms with Gasteiger partial charge in [-0.3, -0.25) is 28.9 Å². The number of rotatable bonds is 31. The number of unbranched alkanes of at least 4 members (excludes halogenated alkanes) is 2. The summed E-state index contributed by atoms with van der Waals surface area (Å²) in [4.78, 5) is 116. The molecule has 3 atom stereocenters. The second-order valence-corrected chi connectivity index (χ2v) is 20.0. The van der Waals surface area contributed by atoms with Crippen LogP contribution in [0.15, 0.2) is 144 Å². The van der Waals surface area contributed by atoms with Crippen molar-refractivity contribution in [3.8, 4) is 17.1 Å². The lowest BCUT2D eigenvalue weighted by Gasteiger charge is -2.32. The van der Waals surface area contributed by atoms with E-state index in [-0.39, 0.29) is 61.3 Å². The third-order valence-corrected chi connectivity index (χ3v) is 13.8. The van der Waals surface area contributed by atoms with Gasteiger partial charge in [-0.15, -0.1) is 0 Å². The molecule has 0 saturated carbocycles. The van der Waals surface area contributed by atoms with Gasteiger partial charge in [0.1, 0.15) is 37.4 Å². The molecule has 7 rings (SSSR count). The average molecular weight is 1150 g/mol. The fourth-order valence-electron chi connectivity index (χ4n) is 9.30. The van der Waals surface area contributed by atoms with Crippen molar-refractivity contribution in [3.63, 3.8) is 0 Å². The number of hydroxylamine groups is 2. The number of ether oxygens (including phenoxy) is 5. The van der Waals surface area contributed by atoms with Gasteiger partial charge < -0.3 is 48.9 Å². The normalized spacial score (nSPS) is 13.2. The van der Waals surface area contributed by atoms with Crippen molar-refractivity contribution in [2.75, 3.05) is 39.6 Å². The van der Waals surface area contributed by atoms with E-state index in [4.69, 9.17) is 32.9 Å². The number of benzene rings is 5. The van der Waals surface area contributed by atoms with Gasteiger partial charge in [-0.25, -0.2) is 14.4 Å². The number of esters is 3. The van der Waals surface area contributed by atoms with E-state index in [0.29, 0.717) is 61.3 Å². The van der Waals surface area contributed by atoms with Gasteiger partial charge >= 0.3 is 23.9 Å². The quantitative estimate of drug-likeness (QED) is 0.00927. The maximum atomic E-state index is 14.2. The van der Waals surface area contributed by atoms with Crippen LogP contribution in [0.2, 0.25) is 0 Å². The lowest BCUT2D eigenvalue weighted by atomic mass is 9.90. The molecule has 5 aromatic carbocycles. The summed E-state index contributed by atoms with van der Waals surface area (Å²) in [6.45, 7) is 7.98. The molecule has 84 heavy (non-hydrogen) atoms. The third-order valence-electron chi connectivity index (χ3n) is 13.8. The molecule has 6 aromatic rings. The van der Waals surface area contributed by atoms with Gasteiger partial charge in [0.05, 0.1) is 49.4 Å². The first-order chi connectivity index (χ1) is 40.8. The van der Waals surface area contributed by atoms with Gasteiger partial charge in [-0.2, -0.15) is 5.06 Å². The number of hydrogen-bond acceptors (Lipinski definition) is 16. The van der Waals surface area contributed by atoms with E-state index >= 15 is 0 Å². The molecule has 2 unspecified atom stereocenters. The number of amides is 4. The molecule has 1 aliphatic heterocycles. The second kappa shape index (κ2) is 32.5. The van der Waals surface area contributed by atoms with Crippen molar-refractivity contribution in [3.05, 3.63) is 184 Å². The number of carbonyl (C=O) groups is 8. The molecule has 1 aliphatic rings. The van der Waals surface area contributed by atoms with Crippen molar-refractivity contribution >= 4 is 48.0 Å². The average Bonchev–Trinajstić information content (AvgIpc) is 4.22. The molecule has 20 heteroatoms. The van der Waals surface area contributed by atoms with Gasteiger partial charge in [0.25, 0.3) is 11.8 Å². The highest BCUT2D eigenvalue weighted by Crippen LogP contribution is 2.30. The van der Waals surface area contributed by atoms with E-state index < -0.39 is 72.6 Å².